The summed E-state index contributed by atoms with van der Waals surface area (Å²) in [5.41, 5.74) is 7.71. The van der Waals surface area contributed by atoms with Crippen LogP contribution in [0.4, 0.5) is 0 Å². The predicted octanol–water partition coefficient (Wildman–Crippen LogP) is 2.40. The second kappa shape index (κ2) is 7.78. The van der Waals surface area contributed by atoms with E-state index in [1.54, 1.807) is 0 Å². The summed E-state index contributed by atoms with van der Waals surface area (Å²) in [6.45, 7) is 6.32. The molecule has 5 heteroatoms. The van der Waals surface area contributed by atoms with Crippen molar-refractivity contribution in [3.05, 3.63) is 41.7 Å². The Morgan fingerprint density at radius 3 is 2.67 bits per heavy atom. The van der Waals surface area contributed by atoms with Gasteiger partial charge in [-0.2, -0.15) is 0 Å². The first kappa shape index (κ1) is 15.5. The van der Waals surface area contributed by atoms with Crippen LogP contribution in [0, 0.1) is 5.92 Å². The maximum Gasteiger partial charge on any atom is 0.119 e. The van der Waals surface area contributed by atoms with Crippen molar-refractivity contribution in [3.63, 3.8) is 0 Å². The zero-order chi connectivity index (χ0) is 15.1. The van der Waals surface area contributed by atoms with Crippen molar-refractivity contribution < 1.29 is 4.74 Å². The summed E-state index contributed by atoms with van der Waals surface area (Å²) in [4.78, 5) is 0. The molecule has 2 aromatic rings. The lowest BCUT2D eigenvalue weighted by atomic mass is 10.1. The van der Waals surface area contributed by atoms with Gasteiger partial charge in [-0.15, -0.1) is 5.10 Å². The van der Waals surface area contributed by atoms with E-state index < -0.39 is 0 Å². The average Bonchev–Trinajstić information content (AvgIpc) is 2.88. The van der Waals surface area contributed by atoms with Gasteiger partial charge in [0.2, 0.25) is 0 Å². The van der Waals surface area contributed by atoms with E-state index in [0.717, 1.165) is 36.5 Å². The molecule has 1 aromatic carbocycles. The van der Waals surface area contributed by atoms with E-state index in [4.69, 9.17) is 10.5 Å². The molecule has 0 fully saturated rings. The van der Waals surface area contributed by atoms with Crippen LogP contribution in [0.25, 0.3) is 0 Å². The smallest absolute Gasteiger partial charge is 0.119 e. The molecule has 0 atom stereocenters. The molecule has 2 rings (SSSR count). The van der Waals surface area contributed by atoms with E-state index in [-0.39, 0.29) is 0 Å². The summed E-state index contributed by atoms with van der Waals surface area (Å²) in [5, 5.41) is 8.39. The summed E-state index contributed by atoms with van der Waals surface area (Å²) in [5.74, 6) is 1.52. The van der Waals surface area contributed by atoms with Crippen LogP contribution in [0.5, 0.6) is 5.75 Å². The lowest BCUT2D eigenvalue weighted by Crippen LogP contribution is -2.13. The highest BCUT2D eigenvalue weighted by Gasteiger charge is 2.12. The van der Waals surface area contributed by atoms with E-state index in [9.17, 15) is 0 Å². The number of nitrogens with zero attached hydrogens (tertiary/aromatic N) is 3. The number of aryl methyl sites for hydroxylation is 1. The molecule has 0 radical (unpaired) electrons. The molecule has 21 heavy (non-hydrogen) atoms. The Hall–Kier alpha value is -1.88. The van der Waals surface area contributed by atoms with Crippen molar-refractivity contribution in [1.29, 1.82) is 0 Å². The van der Waals surface area contributed by atoms with Gasteiger partial charge in [-0.3, -0.25) is 0 Å². The number of benzene rings is 1. The van der Waals surface area contributed by atoms with E-state index in [0.29, 0.717) is 19.1 Å². The molecular formula is C16H24N4O. The van der Waals surface area contributed by atoms with Gasteiger partial charge in [-0.05, 0) is 24.5 Å². The minimum absolute atomic E-state index is 0.419. The molecule has 114 valence electrons. The minimum Gasteiger partial charge on any atom is -0.493 e. The highest BCUT2D eigenvalue weighted by atomic mass is 16.5. The number of aromatic nitrogens is 3. The molecule has 1 heterocycles. The summed E-state index contributed by atoms with van der Waals surface area (Å²) in [7, 11) is 0. The highest BCUT2D eigenvalue weighted by Crippen LogP contribution is 2.12. The van der Waals surface area contributed by atoms with E-state index >= 15 is 0 Å². The normalized spacial score (nSPS) is 11.0. The van der Waals surface area contributed by atoms with E-state index in [1.165, 1.54) is 0 Å². The van der Waals surface area contributed by atoms with Crippen molar-refractivity contribution in [1.82, 2.24) is 15.0 Å². The van der Waals surface area contributed by atoms with Gasteiger partial charge in [0.1, 0.15) is 5.75 Å². The maximum atomic E-state index is 5.75. The van der Waals surface area contributed by atoms with Crippen LogP contribution < -0.4 is 10.5 Å². The van der Waals surface area contributed by atoms with Crippen molar-refractivity contribution in [2.75, 3.05) is 6.61 Å². The largest absolute Gasteiger partial charge is 0.493 e. The van der Waals surface area contributed by atoms with Gasteiger partial charge in [0.25, 0.3) is 0 Å². The third kappa shape index (κ3) is 4.56. The van der Waals surface area contributed by atoms with Gasteiger partial charge in [0, 0.05) is 19.5 Å². The Morgan fingerprint density at radius 2 is 2.00 bits per heavy atom. The van der Waals surface area contributed by atoms with Gasteiger partial charge in [0.05, 0.1) is 18.0 Å². The first-order valence-corrected chi connectivity index (χ1v) is 7.50. The summed E-state index contributed by atoms with van der Waals surface area (Å²) in [6, 6.07) is 9.82. The molecule has 0 aliphatic carbocycles. The Bertz CT molecular complexity index is 536. The van der Waals surface area contributed by atoms with Gasteiger partial charge in [-0.1, -0.05) is 37.3 Å². The average molecular weight is 288 g/mol. The van der Waals surface area contributed by atoms with Crippen molar-refractivity contribution >= 4 is 0 Å². The fraction of sp³-hybridized carbons (Fsp3) is 0.500. The van der Waals surface area contributed by atoms with Crippen LogP contribution in [0.15, 0.2) is 30.3 Å². The Labute approximate surface area is 126 Å². The van der Waals surface area contributed by atoms with Crippen molar-refractivity contribution in [2.24, 2.45) is 11.7 Å². The molecule has 0 aliphatic rings. The summed E-state index contributed by atoms with van der Waals surface area (Å²) in [6.07, 6.45) is 1.85. The molecule has 0 unspecified atom stereocenters. The summed E-state index contributed by atoms with van der Waals surface area (Å²) < 4.78 is 7.72. The number of hydrogen-bond donors (Lipinski definition) is 1. The Kier molecular flexibility index (Phi) is 5.75. The number of nitrogens with two attached hydrogens (primary N) is 1. The quantitative estimate of drug-likeness (QED) is 0.810. The first-order chi connectivity index (χ1) is 10.2. The second-order valence-corrected chi connectivity index (χ2v) is 5.50. The number of para-hydroxylation sites is 1. The Balaban J connectivity index is 1.95. The molecule has 0 bridgehead atoms. The topological polar surface area (TPSA) is 66.0 Å². The molecule has 2 N–H and O–H groups in total. The second-order valence-electron chi connectivity index (χ2n) is 5.50. The third-order valence-electron chi connectivity index (χ3n) is 3.38. The first-order valence-electron chi connectivity index (χ1n) is 7.50. The molecule has 0 amide bonds. The van der Waals surface area contributed by atoms with Gasteiger partial charge >= 0.3 is 0 Å². The van der Waals surface area contributed by atoms with Crippen LogP contribution in [0.2, 0.25) is 0 Å². The fourth-order valence-corrected chi connectivity index (χ4v) is 2.14. The lowest BCUT2D eigenvalue weighted by Gasteiger charge is -2.10. The molecule has 0 saturated carbocycles. The van der Waals surface area contributed by atoms with Crippen LogP contribution in [-0.4, -0.2) is 21.6 Å². The number of hydrogen-bond acceptors (Lipinski definition) is 4. The SMILES string of the molecule is CC(C)CCn1nnc(CN)c1CCOc1ccccc1. The lowest BCUT2D eigenvalue weighted by molar-refractivity contribution is 0.316. The molecular weight excluding hydrogens is 264 g/mol. The van der Waals surface area contributed by atoms with Crippen LogP contribution in [0.3, 0.4) is 0 Å². The van der Waals surface area contributed by atoms with Gasteiger partial charge in [0.15, 0.2) is 0 Å². The minimum atomic E-state index is 0.419. The molecule has 0 saturated heterocycles. The fourth-order valence-electron chi connectivity index (χ4n) is 2.14. The zero-order valence-corrected chi connectivity index (χ0v) is 12.8. The molecule has 0 aliphatic heterocycles. The van der Waals surface area contributed by atoms with Crippen molar-refractivity contribution in [2.45, 2.75) is 39.8 Å². The Morgan fingerprint density at radius 1 is 1.24 bits per heavy atom. The molecule has 1 aromatic heterocycles. The monoisotopic (exact) mass is 288 g/mol. The molecule has 5 nitrogen and oxygen atoms in total. The van der Waals surface area contributed by atoms with Crippen LogP contribution in [-0.2, 0) is 19.5 Å². The molecule has 0 spiro atoms. The van der Waals surface area contributed by atoms with Crippen LogP contribution in [0.1, 0.15) is 31.7 Å². The van der Waals surface area contributed by atoms with E-state index in [1.807, 2.05) is 35.0 Å². The number of rotatable bonds is 8. The third-order valence-corrected chi connectivity index (χ3v) is 3.38. The standard InChI is InChI=1S/C16H24N4O/c1-13(2)8-10-20-16(15(12-17)18-19-20)9-11-21-14-6-4-3-5-7-14/h3-7,13H,8-12,17H2,1-2H3. The van der Waals surface area contributed by atoms with Gasteiger partial charge in [-0.25, -0.2) is 4.68 Å². The number of ether oxygens (including phenoxy) is 1. The zero-order valence-electron chi connectivity index (χ0n) is 12.8. The van der Waals surface area contributed by atoms with Crippen LogP contribution >= 0.6 is 0 Å². The van der Waals surface area contributed by atoms with Gasteiger partial charge < -0.3 is 10.5 Å². The highest BCUT2D eigenvalue weighted by molar-refractivity contribution is 5.21. The van der Waals surface area contributed by atoms with E-state index in [2.05, 4.69) is 24.2 Å². The maximum absolute atomic E-state index is 5.75. The summed E-state index contributed by atoms with van der Waals surface area (Å²) >= 11 is 0. The predicted molar refractivity (Wildman–Crippen MR) is 83.0 cm³/mol. The van der Waals surface area contributed by atoms with Crippen molar-refractivity contribution in [3.8, 4) is 5.75 Å².